The van der Waals surface area contributed by atoms with Crippen molar-refractivity contribution in [2.45, 2.75) is 51.2 Å². The molecule has 7 nitrogen and oxygen atoms in total. The van der Waals surface area contributed by atoms with Crippen LogP contribution in [0.5, 0.6) is 0 Å². The van der Waals surface area contributed by atoms with Gasteiger partial charge < -0.3 is 20.2 Å². The normalized spacial score (nSPS) is 27.0. The second kappa shape index (κ2) is 5.91. The standard InChI is InChI=1S/C14H23N3O4/c1-8(2)15-12(18)7-16(3)14(21)17-9-4-5-11(17)10(6-9)13(19)20/h8-11H,4-7H2,1-3H3,(H,15,18)(H,19,20). The Hall–Kier alpha value is -1.79. The highest BCUT2D eigenvalue weighted by Crippen LogP contribution is 2.42. The molecule has 0 aliphatic carbocycles. The quantitative estimate of drug-likeness (QED) is 0.790. The molecule has 2 heterocycles. The van der Waals surface area contributed by atoms with Crippen LogP contribution < -0.4 is 5.32 Å². The van der Waals surface area contributed by atoms with Crippen LogP contribution in [0.15, 0.2) is 0 Å². The van der Waals surface area contributed by atoms with E-state index in [0.717, 1.165) is 12.8 Å². The van der Waals surface area contributed by atoms with Crippen LogP contribution in [0.4, 0.5) is 4.79 Å². The summed E-state index contributed by atoms with van der Waals surface area (Å²) >= 11 is 0. The lowest BCUT2D eigenvalue weighted by Gasteiger charge is -2.28. The van der Waals surface area contributed by atoms with E-state index in [1.807, 2.05) is 13.8 Å². The summed E-state index contributed by atoms with van der Waals surface area (Å²) in [6.07, 6.45) is 2.11. The van der Waals surface area contributed by atoms with Gasteiger partial charge in [0.1, 0.15) is 6.54 Å². The van der Waals surface area contributed by atoms with Crippen LogP contribution in [-0.4, -0.2) is 64.5 Å². The summed E-state index contributed by atoms with van der Waals surface area (Å²) < 4.78 is 0. The van der Waals surface area contributed by atoms with Gasteiger partial charge in [-0.1, -0.05) is 0 Å². The molecule has 0 aromatic heterocycles. The van der Waals surface area contributed by atoms with Gasteiger partial charge in [-0.3, -0.25) is 9.59 Å². The summed E-state index contributed by atoms with van der Waals surface area (Å²) in [4.78, 5) is 38.4. The number of amides is 3. The van der Waals surface area contributed by atoms with Gasteiger partial charge in [-0.05, 0) is 33.1 Å². The molecule has 7 heteroatoms. The topological polar surface area (TPSA) is 90.0 Å². The summed E-state index contributed by atoms with van der Waals surface area (Å²) in [7, 11) is 1.58. The Labute approximate surface area is 124 Å². The van der Waals surface area contributed by atoms with Gasteiger partial charge in [0.15, 0.2) is 0 Å². The smallest absolute Gasteiger partial charge is 0.320 e. The van der Waals surface area contributed by atoms with Crippen LogP contribution in [-0.2, 0) is 9.59 Å². The number of nitrogens with one attached hydrogen (secondary N) is 1. The molecule has 3 unspecified atom stereocenters. The fraction of sp³-hybridized carbons (Fsp3) is 0.786. The zero-order valence-electron chi connectivity index (χ0n) is 12.7. The van der Waals surface area contributed by atoms with Gasteiger partial charge in [-0.25, -0.2) is 4.79 Å². The van der Waals surface area contributed by atoms with Crippen LogP contribution in [0.2, 0.25) is 0 Å². The Balaban J connectivity index is 1.97. The third kappa shape index (κ3) is 3.11. The largest absolute Gasteiger partial charge is 0.481 e. The lowest BCUT2D eigenvalue weighted by Crippen LogP contribution is -2.48. The summed E-state index contributed by atoms with van der Waals surface area (Å²) in [5.41, 5.74) is 0. The van der Waals surface area contributed by atoms with Gasteiger partial charge in [0.25, 0.3) is 0 Å². The first-order valence-electron chi connectivity index (χ1n) is 7.36. The highest BCUT2D eigenvalue weighted by molar-refractivity contribution is 5.85. The van der Waals surface area contributed by atoms with Gasteiger partial charge >= 0.3 is 12.0 Å². The molecule has 2 fully saturated rings. The first kappa shape index (κ1) is 15.6. The Morgan fingerprint density at radius 1 is 1.33 bits per heavy atom. The number of carboxylic acid groups (broad SMARTS) is 1. The van der Waals surface area contributed by atoms with Gasteiger partial charge in [0.05, 0.1) is 5.92 Å². The van der Waals surface area contributed by atoms with Crippen molar-refractivity contribution in [1.29, 1.82) is 0 Å². The third-order valence-electron chi connectivity index (χ3n) is 4.23. The molecule has 3 amide bonds. The molecule has 2 rings (SSSR count). The Morgan fingerprint density at radius 3 is 2.52 bits per heavy atom. The predicted octanol–water partition coefficient (Wildman–Crippen LogP) is 0.500. The second-order valence-corrected chi connectivity index (χ2v) is 6.25. The summed E-state index contributed by atoms with van der Waals surface area (Å²) in [6, 6.07) is -0.444. The molecule has 0 radical (unpaired) electrons. The Bertz CT molecular complexity index is 452. The SMILES string of the molecule is CC(C)NC(=O)CN(C)C(=O)N1C2CCC1C(C(=O)O)C2. The maximum atomic E-state index is 12.5. The molecule has 118 valence electrons. The summed E-state index contributed by atoms with van der Waals surface area (Å²) in [6.45, 7) is 3.71. The van der Waals surface area contributed by atoms with Crippen molar-refractivity contribution in [2.24, 2.45) is 5.92 Å². The van der Waals surface area contributed by atoms with Crippen molar-refractivity contribution in [3.05, 3.63) is 0 Å². The fourth-order valence-corrected chi connectivity index (χ4v) is 3.40. The maximum Gasteiger partial charge on any atom is 0.320 e. The highest BCUT2D eigenvalue weighted by atomic mass is 16.4. The van der Waals surface area contributed by atoms with E-state index in [4.69, 9.17) is 0 Å². The summed E-state index contributed by atoms with van der Waals surface area (Å²) in [5, 5.41) is 11.9. The lowest BCUT2D eigenvalue weighted by molar-refractivity contribution is -0.142. The number of hydrogen-bond acceptors (Lipinski definition) is 3. The van der Waals surface area contributed by atoms with Gasteiger partial charge in [-0.2, -0.15) is 0 Å². The minimum absolute atomic E-state index is 0.000732. The van der Waals surface area contributed by atoms with Crippen molar-refractivity contribution >= 4 is 17.9 Å². The van der Waals surface area contributed by atoms with Crippen LogP contribution in [0.3, 0.4) is 0 Å². The van der Waals surface area contributed by atoms with E-state index in [1.165, 1.54) is 4.90 Å². The van der Waals surface area contributed by atoms with E-state index in [1.54, 1.807) is 11.9 Å². The number of hydrogen-bond donors (Lipinski definition) is 2. The minimum Gasteiger partial charge on any atom is -0.481 e. The number of urea groups is 1. The first-order chi connectivity index (χ1) is 9.81. The van der Waals surface area contributed by atoms with Crippen LogP contribution in [0.1, 0.15) is 33.1 Å². The summed E-state index contributed by atoms with van der Waals surface area (Å²) in [5.74, 6) is -1.51. The minimum atomic E-state index is -0.833. The number of fused-ring (bicyclic) bond motifs is 2. The number of carbonyl (C=O) groups is 3. The molecule has 2 bridgehead atoms. The van der Waals surface area contributed by atoms with Gasteiger partial charge in [0.2, 0.25) is 5.91 Å². The monoisotopic (exact) mass is 297 g/mol. The van der Waals surface area contributed by atoms with Crippen LogP contribution in [0, 0.1) is 5.92 Å². The van der Waals surface area contributed by atoms with Gasteiger partial charge in [0, 0.05) is 25.2 Å². The van der Waals surface area contributed by atoms with Crippen molar-refractivity contribution in [1.82, 2.24) is 15.1 Å². The van der Waals surface area contributed by atoms with E-state index in [2.05, 4.69) is 5.32 Å². The third-order valence-corrected chi connectivity index (χ3v) is 4.23. The van der Waals surface area contributed by atoms with Crippen LogP contribution in [0.25, 0.3) is 0 Å². The zero-order valence-corrected chi connectivity index (χ0v) is 12.7. The van der Waals surface area contributed by atoms with Gasteiger partial charge in [-0.15, -0.1) is 0 Å². The molecule has 0 aromatic carbocycles. The van der Waals surface area contributed by atoms with Crippen LogP contribution >= 0.6 is 0 Å². The molecular weight excluding hydrogens is 274 g/mol. The lowest BCUT2D eigenvalue weighted by atomic mass is 9.89. The molecule has 21 heavy (non-hydrogen) atoms. The zero-order chi connectivity index (χ0) is 15.7. The predicted molar refractivity (Wildman–Crippen MR) is 75.7 cm³/mol. The second-order valence-electron chi connectivity index (χ2n) is 6.25. The van der Waals surface area contributed by atoms with Crippen molar-refractivity contribution in [3.8, 4) is 0 Å². The number of nitrogens with zero attached hydrogens (tertiary/aromatic N) is 2. The van der Waals surface area contributed by atoms with Crippen molar-refractivity contribution in [2.75, 3.05) is 13.6 Å². The number of likely N-dealkylation sites (N-methyl/N-ethyl adjacent to an activating group) is 1. The molecule has 2 saturated heterocycles. The number of carboxylic acids is 1. The fourth-order valence-electron chi connectivity index (χ4n) is 3.40. The Morgan fingerprint density at radius 2 is 2.00 bits per heavy atom. The molecule has 0 saturated carbocycles. The maximum absolute atomic E-state index is 12.5. The first-order valence-corrected chi connectivity index (χ1v) is 7.36. The van der Waals surface area contributed by atoms with Crippen molar-refractivity contribution < 1.29 is 19.5 Å². The van der Waals surface area contributed by atoms with E-state index < -0.39 is 11.9 Å². The number of aliphatic carboxylic acids is 1. The molecule has 2 N–H and O–H groups in total. The molecule has 0 spiro atoms. The van der Waals surface area contributed by atoms with E-state index >= 15 is 0 Å². The molecule has 3 atom stereocenters. The number of carbonyl (C=O) groups excluding carboxylic acids is 2. The number of rotatable bonds is 4. The van der Waals surface area contributed by atoms with E-state index in [0.29, 0.717) is 6.42 Å². The highest BCUT2D eigenvalue weighted by Gasteiger charge is 2.52. The van der Waals surface area contributed by atoms with Crippen molar-refractivity contribution in [3.63, 3.8) is 0 Å². The molecule has 2 aliphatic heterocycles. The molecule has 2 aliphatic rings. The molecule has 0 aromatic rings. The molecular formula is C14H23N3O4. The average Bonchev–Trinajstić information content (AvgIpc) is 2.93. The van der Waals surface area contributed by atoms with E-state index in [9.17, 15) is 19.5 Å². The van der Waals surface area contributed by atoms with E-state index in [-0.39, 0.29) is 36.6 Å². The Kier molecular flexibility index (Phi) is 4.39. The average molecular weight is 297 g/mol.